The van der Waals surface area contributed by atoms with Crippen molar-refractivity contribution in [3.8, 4) is 11.5 Å². The van der Waals surface area contributed by atoms with E-state index in [1.54, 1.807) is 19.2 Å². The number of ether oxygens (including phenoxy) is 2. The van der Waals surface area contributed by atoms with Crippen molar-refractivity contribution in [2.75, 3.05) is 12.4 Å². The summed E-state index contributed by atoms with van der Waals surface area (Å²) < 4.78 is 28.2. The molecule has 8 heteroatoms. The maximum atomic E-state index is 14.9. The van der Waals surface area contributed by atoms with Crippen molar-refractivity contribution in [3.05, 3.63) is 96.1 Å². The van der Waals surface area contributed by atoms with Gasteiger partial charge in [0.2, 0.25) is 0 Å². The van der Waals surface area contributed by atoms with Gasteiger partial charge in [-0.1, -0.05) is 57.4 Å². The van der Waals surface area contributed by atoms with Crippen LogP contribution in [0.1, 0.15) is 35.1 Å². The lowest BCUT2D eigenvalue weighted by Gasteiger charge is -2.38. The molecule has 0 saturated carbocycles. The van der Waals surface area contributed by atoms with Crippen molar-refractivity contribution in [3.63, 3.8) is 0 Å². The Labute approximate surface area is 224 Å². The van der Waals surface area contributed by atoms with Gasteiger partial charge in [-0.3, -0.25) is 0 Å². The molecular weight excluding hydrogens is 608 g/mol. The lowest BCUT2D eigenvalue weighted by atomic mass is 9.77. The first-order chi connectivity index (χ1) is 16.4. The van der Waals surface area contributed by atoms with E-state index in [1.807, 2.05) is 24.3 Å². The van der Waals surface area contributed by atoms with E-state index >= 15 is 0 Å². The first-order valence-corrected chi connectivity index (χ1v) is 13.1. The fraction of sp³-hybridized carbons (Fsp3) is 0.231. The molecule has 3 aromatic carbocycles. The average molecular weight is 628 g/mol. The molecule has 0 radical (unpaired) electrons. The standard InChI is InChI=1S/C26H20Br2Cl2FNO2/c1-33-23-9-14(8-19(28)26(23)34-12-13-5-6-20(29)21(30)7-13)24-17-4-2-3-16(17)18-10-15(27)11-22(31)25(18)32-24/h2-3,5-11,16-17,24,32H,4,12H2,1H3/t16-,17+,24-/m0/s1. The van der Waals surface area contributed by atoms with Crippen LogP contribution in [0.3, 0.4) is 0 Å². The predicted molar refractivity (Wildman–Crippen MR) is 142 cm³/mol. The molecule has 3 aromatic rings. The first kappa shape index (κ1) is 24.0. The molecule has 1 heterocycles. The third-order valence-corrected chi connectivity index (χ3v) is 8.15. The smallest absolute Gasteiger partial charge is 0.175 e. The number of anilines is 1. The van der Waals surface area contributed by atoms with Crippen LogP contribution in [-0.4, -0.2) is 7.11 Å². The van der Waals surface area contributed by atoms with Gasteiger partial charge in [0.25, 0.3) is 0 Å². The van der Waals surface area contributed by atoms with Gasteiger partial charge < -0.3 is 14.8 Å². The van der Waals surface area contributed by atoms with E-state index in [0.717, 1.165) is 32.1 Å². The SMILES string of the molecule is COc1cc([C@@H]2Nc3c(F)cc(Br)cc3[C@H]3C=CC[C@H]32)cc(Br)c1OCc1ccc(Cl)c(Cl)c1. The Morgan fingerprint density at radius 2 is 1.91 bits per heavy atom. The van der Waals surface area contributed by atoms with Crippen molar-refractivity contribution in [1.29, 1.82) is 0 Å². The maximum Gasteiger partial charge on any atom is 0.175 e. The molecule has 0 spiro atoms. The zero-order valence-electron chi connectivity index (χ0n) is 18.0. The highest BCUT2D eigenvalue weighted by molar-refractivity contribution is 9.10. The molecule has 0 saturated heterocycles. The fourth-order valence-corrected chi connectivity index (χ4v) is 6.14. The minimum Gasteiger partial charge on any atom is -0.493 e. The van der Waals surface area contributed by atoms with Crippen LogP contribution in [0.4, 0.5) is 10.1 Å². The van der Waals surface area contributed by atoms with Crippen LogP contribution in [0.15, 0.2) is 63.6 Å². The third-order valence-electron chi connectivity index (χ3n) is 6.36. The van der Waals surface area contributed by atoms with Gasteiger partial charge in [-0.05, 0) is 81.4 Å². The summed E-state index contributed by atoms with van der Waals surface area (Å²) in [7, 11) is 1.61. The second kappa shape index (κ2) is 9.73. The van der Waals surface area contributed by atoms with Crippen LogP contribution < -0.4 is 14.8 Å². The number of benzene rings is 3. The molecule has 0 fully saturated rings. The number of hydrogen-bond acceptors (Lipinski definition) is 3. The van der Waals surface area contributed by atoms with Gasteiger partial charge in [-0.2, -0.15) is 0 Å². The van der Waals surface area contributed by atoms with Gasteiger partial charge >= 0.3 is 0 Å². The van der Waals surface area contributed by atoms with E-state index in [1.165, 1.54) is 6.07 Å². The number of halogens is 5. The summed E-state index contributed by atoms with van der Waals surface area (Å²) in [4.78, 5) is 0. The van der Waals surface area contributed by atoms with Gasteiger partial charge in [0.1, 0.15) is 12.4 Å². The number of allylic oxidation sites excluding steroid dienone is 2. The molecule has 1 aliphatic heterocycles. The van der Waals surface area contributed by atoms with Gasteiger partial charge in [-0.25, -0.2) is 4.39 Å². The Balaban J connectivity index is 1.46. The second-order valence-electron chi connectivity index (χ2n) is 8.40. The van der Waals surface area contributed by atoms with Crippen LogP contribution in [0, 0.1) is 11.7 Å². The van der Waals surface area contributed by atoms with E-state index in [2.05, 4.69) is 49.3 Å². The van der Waals surface area contributed by atoms with Crippen LogP contribution in [0.5, 0.6) is 11.5 Å². The van der Waals surface area contributed by atoms with Crippen molar-refractivity contribution in [2.24, 2.45) is 5.92 Å². The molecule has 1 N–H and O–H groups in total. The largest absolute Gasteiger partial charge is 0.493 e. The topological polar surface area (TPSA) is 30.5 Å². The van der Waals surface area contributed by atoms with Crippen molar-refractivity contribution >= 4 is 60.7 Å². The maximum absolute atomic E-state index is 14.9. The summed E-state index contributed by atoms with van der Waals surface area (Å²) in [6.07, 6.45) is 5.27. The lowest BCUT2D eigenvalue weighted by molar-refractivity contribution is 0.282. The van der Waals surface area contributed by atoms with E-state index < -0.39 is 0 Å². The predicted octanol–water partition coefficient (Wildman–Crippen LogP) is 9.07. The Bertz CT molecular complexity index is 1300. The van der Waals surface area contributed by atoms with Gasteiger partial charge in [0.05, 0.1) is 33.4 Å². The van der Waals surface area contributed by atoms with Gasteiger partial charge in [-0.15, -0.1) is 0 Å². The van der Waals surface area contributed by atoms with Crippen LogP contribution in [-0.2, 0) is 6.61 Å². The number of fused-ring (bicyclic) bond motifs is 3. The molecule has 0 aromatic heterocycles. The summed E-state index contributed by atoms with van der Waals surface area (Å²) >= 11 is 19.2. The number of rotatable bonds is 5. The summed E-state index contributed by atoms with van der Waals surface area (Å²) in [5, 5.41) is 4.44. The lowest BCUT2D eigenvalue weighted by Crippen LogP contribution is -2.29. The Kier molecular flexibility index (Phi) is 6.86. The van der Waals surface area contributed by atoms with Gasteiger partial charge in [0.15, 0.2) is 11.5 Å². The summed E-state index contributed by atoms with van der Waals surface area (Å²) in [6.45, 7) is 0.301. The number of methoxy groups -OCH3 is 1. The molecule has 3 nitrogen and oxygen atoms in total. The normalized spacial score (nSPS) is 20.5. The molecular formula is C26H20Br2Cl2FNO2. The Morgan fingerprint density at radius 1 is 1.09 bits per heavy atom. The molecule has 2 aliphatic rings. The number of nitrogens with one attached hydrogen (secondary N) is 1. The van der Waals surface area contributed by atoms with Crippen LogP contribution >= 0.6 is 55.1 Å². The highest BCUT2D eigenvalue weighted by atomic mass is 79.9. The molecule has 0 bridgehead atoms. The second-order valence-corrected chi connectivity index (χ2v) is 11.0. The van der Waals surface area contributed by atoms with E-state index in [9.17, 15) is 4.39 Å². The molecule has 34 heavy (non-hydrogen) atoms. The molecule has 0 amide bonds. The quantitative estimate of drug-likeness (QED) is 0.286. The Morgan fingerprint density at radius 3 is 2.68 bits per heavy atom. The van der Waals surface area contributed by atoms with E-state index in [4.69, 9.17) is 32.7 Å². The summed E-state index contributed by atoms with van der Waals surface area (Å²) in [5.41, 5.74) is 3.42. The zero-order valence-corrected chi connectivity index (χ0v) is 22.7. The number of hydrogen-bond donors (Lipinski definition) is 1. The summed E-state index contributed by atoms with van der Waals surface area (Å²) in [5.74, 6) is 1.32. The average Bonchev–Trinajstić information content (AvgIpc) is 3.30. The van der Waals surface area contributed by atoms with Gasteiger partial charge in [0, 0.05) is 10.4 Å². The van der Waals surface area contributed by atoms with Crippen LogP contribution in [0.2, 0.25) is 10.0 Å². The Hall–Kier alpha value is -1.73. The first-order valence-electron chi connectivity index (χ1n) is 10.7. The molecule has 3 atom stereocenters. The molecule has 0 unspecified atom stereocenters. The highest BCUT2D eigenvalue weighted by Gasteiger charge is 2.39. The van der Waals surface area contributed by atoms with Crippen molar-refractivity contribution < 1.29 is 13.9 Å². The minimum atomic E-state index is -0.263. The molecule has 5 rings (SSSR count). The molecule has 176 valence electrons. The monoisotopic (exact) mass is 625 g/mol. The van der Waals surface area contributed by atoms with Crippen LogP contribution in [0.25, 0.3) is 0 Å². The van der Waals surface area contributed by atoms with Crippen molar-refractivity contribution in [2.45, 2.75) is 25.0 Å². The van der Waals surface area contributed by atoms with Crippen molar-refractivity contribution in [1.82, 2.24) is 0 Å². The third kappa shape index (κ3) is 4.46. The summed E-state index contributed by atoms with van der Waals surface area (Å²) in [6, 6.07) is 12.8. The highest BCUT2D eigenvalue weighted by Crippen LogP contribution is 2.52. The van der Waals surface area contributed by atoms with E-state index in [0.29, 0.717) is 33.8 Å². The fourth-order valence-electron chi connectivity index (χ4n) is 4.80. The van der Waals surface area contributed by atoms with E-state index in [-0.39, 0.29) is 23.7 Å². The molecule has 1 aliphatic carbocycles. The zero-order chi connectivity index (χ0) is 24.0. The minimum absolute atomic E-state index is 0.0857.